The molecule has 3 rings (SSSR count). The molecule has 8 nitrogen and oxygen atoms in total. The van der Waals surface area contributed by atoms with Gasteiger partial charge in [-0.15, -0.1) is 0 Å². The number of rotatable bonds is 9. The normalized spacial score (nSPS) is 10.9. The summed E-state index contributed by atoms with van der Waals surface area (Å²) in [6, 6.07) is 16.6. The largest absolute Gasteiger partial charge is 0.484 e. The van der Waals surface area contributed by atoms with E-state index in [4.69, 9.17) is 10.5 Å². The van der Waals surface area contributed by atoms with Crippen LogP contribution in [0.2, 0.25) is 0 Å². The average Bonchev–Trinajstić information content (AvgIpc) is 2.77. The summed E-state index contributed by atoms with van der Waals surface area (Å²) in [7, 11) is 0. The lowest BCUT2D eigenvalue weighted by molar-refractivity contribution is -0.120. The molecule has 0 bridgehead atoms. The van der Waals surface area contributed by atoms with E-state index in [2.05, 4.69) is 4.98 Å². The molecule has 2 aromatic carbocycles. The number of hydrogen-bond donors (Lipinski definition) is 2. The van der Waals surface area contributed by atoms with E-state index in [0.717, 1.165) is 11.1 Å². The first-order chi connectivity index (χ1) is 15.8. The van der Waals surface area contributed by atoms with Crippen molar-refractivity contribution in [2.45, 2.75) is 33.7 Å². The molecule has 174 valence electrons. The lowest BCUT2D eigenvalue weighted by Crippen LogP contribution is -2.43. The number of hydrogen-bond acceptors (Lipinski definition) is 5. The van der Waals surface area contributed by atoms with Gasteiger partial charge in [0.15, 0.2) is 12.3 Å². The molecule has 0 unspecified atom stereocenters. The van der Waals surface area contributed by atoms with Crippen LogP contribution in [0.25, 0.3) is 0 Å². The van der Waals surface area contributed by atoms with Crippen molar-refractivity contribution in [1.82, 2.24) is 9.55 Å². The van der Waals surface area contributed by atoms with E-state index in [-0.39, 0.29) is 37.1 Å². The smallest absolute Gasteiger partial charge is 0.330 e. The van der Waals surface area contributed by atoms with Crippen molar-refractivity contribution in [1.29, 1.82) is 0 Å². The first-order valence-electron chi connectivity index (χ1n) is 10.9. The van der Waals surface area contributed by atoms with Crippen LogP contribution >= 0.6 is 0 Å². The van der Waals surface area contributed by atoms with Gasteiger partial charge in [0.05, 0.1) is 6.54 Å². The summed E-state index contributed by atoms with van der Waals surface area (Å²) in [6.07, 6.45) is 0.646. The fraction of sp³-hybridized carbons (Fsp3) is 0.320. The summed E-state index contributed by atoms with van der Waals surface area (Å²) in [5.41, 5.74) is 6.79. The Morgan fingerprint density at radius 2 is 1.85 bits per heavy atom. The maximum absolute atomic E-state index is 13.2. The van der Waals surface area contributed by atoms with Crippen molar-refractivity contribution in [2.75, 3.05) is 23.8 Å². The number of aromatic nitrogens is 2. The van der Waals surface area contributed by atoms with Crippen molar-refractivity contribution >= 4 is 17.4 Å². The molecule has 1 heterocycles. The number of aromatic amines is 1. The van der Waals surface area contributed by atoms with Crippen LogP contribution in [-0.2, 0) is 11.3 Å². The minimum atomic E-state index is -0.700. The van der Waals surface area contributed by atoms with Crippen LogP contribution in [-0.4, -0.2) is 28.6 Å². The van der Waals surface area contributed by atoms with Crippen LogP contribution in [0.1, 0.15) is 31.4 Å². The van der Waals surface area contributed by atoms with Crippen molar-refractivity contribution in [3.8, 4) is 5.75 Å². The van der Waals surface area contributed by atoms with E-state index in [9.17, 15) is 14.4 Å². The van der Waals surface area contributed by atoms with Gasteiger partial charge in [0.1, 0.15) is 11.6 Å². The van der Waals surface area contributed by atoms with Gasteiger partial charge in [-0.2, -0.15) is 0 Å². The molecule has 0 fully saturated rings. The predicted octanol–water partition coefficient (Wildman–Crippen LogP) is 2.93. The van der Waals surface area contributed by atoms with Gasteiger partial charge in [-0.1, -0.05) is 56.3 Å². The lowest BCUT2D eigenvalue weighted by Gasteiger charge is -2.25. The number of H-pyrrole nitrogens is 1. The highest BCUT2D eigenvalue weighted by Gasteiger charge is 2.25. The van der Waals surface area contributed by atoms with Crippen molar-refractivity contribution in [3.05, 3.63) is 86.6 Å². The standard InChI is InChI=1S/C25H30N4O4/c1-17(2)12-13-28(21(30)16-33-20-11-7-8-18(3)14-20)22-23(26)29(25(32)27-24(22)31)15-19-9-5-4-6-10-19/h4-11,14,17H,12-13,15-16,26H2,1-3H3,(H,27,31,32). The summed E-state index contributed by atoms with van der Waals surface area (Å²) in [4.78, 5) is 42.1. The van der Waals surface area contributed by atoms with Gasteiger partial charge in [0.2, 0.25) is 0 Å². The Kier molecular flexibility index (Phi) is 7.71. The number of amides is 1. The number of nitrogens with two attached hydrogens (primary N) is 1. The van der Waals surface area contributed by atoms with Gasteiger partial charge < -0.3 is 15.4 Å². The molecule has 0 saturated carbocycles. The topological polar surface area (TPSA) is 110 Å². The van der Waals surface area contributed by atoms with Crippen LogP contribution in [0.15, 0.2) is 64.2 Å². The SMILES string of the molecule is Cc1cccc(OCC(=O)N(CCC(C)C)c2c(N)n(Cc3ccccc3)c(=O)[nH]c2=O)c1. The third-order valence-electron chi connectivity index (χ3n) is 5.25. The molecular weight excluding hydrogens is 420 g/mol. The molecule has 3 aromatic rings. The fourth-order valence-electron chi connectivity index (χ4n) is 3.44. The van der Waals surface area contributed by atoms with Crippen LogP contribution in [0.5, 0.6) is 5.75 Å². The number of ether oxygens (including phenoxy) is 1. The molecule has 33 heavy (non-hydrogen) atoms. The second-order valence-electron chi connectivity index (χ2n) is 8.40. The van der Waals surface area contributed by atoms with Gasteiger partial charge in [-0.25, -0.2) is 4.79 Å². The highest BCUT2D eigenvalue weighted by Crippen LogP contribution is 2.20. The molecule has 0 saturated heterocycles. The zero-order valence-electron chi connectivity index (χ0n) is 19.2. The third kappa shape index (κ3) is 6.12. The molecule has 0 atom stereocenters. The molecule has 8 heteroatoms. The van der Waals surface area contributed by atoms with Crippen LogP contribution in [0, 0.1) is 12.8 Å². The van der Waals surface area contributed by atoms with Gasteiger partial charge in [-0.05, 0) is 42.5 Å². The maximum Gasteiger partial charge on any atom is 0.330 e. The Bertz CT molecular complexity index is 1220. The number of carbonyl (C=O) groups is 1. The number of anilines is 2. The molecule has 0 spiro atoms. The monoisotopic (exact) mass is 450 g/mol. The van der Waals surface area contributed by atoms with E-state index < -0.39 is 17.2 Å². The summed E-state index contributed by atoms with van der Waals surface area (Å²) < 4.78 is 6.94. The number of aryl methyl sites for hydroxylation is 1. The van der Waals surface area contributed by atoms with Crippen molar-refractivity contribution in [3.63, 3.8) is 0 Å². The Labute approximate surface area is 192 Å². The number of nitrogen functional groups attached to an aromatic ring is 1. The van der Waals surface area contributed by atoms with E-state index in [1.54, 1.807) is 6.07 Å². The minimum absolute atomic E-state index is 0.0379. The van der Waals surface area contributed by atoms with Gasteiger partial charge in [0.25, 0.3) is 11.5 Å². The molecule has 1 aromatic heterocycles. The number of benzene rings is 2. The fourth-order valence-corrected chi connectivity index (χ4v) is 3.44. The van der Waals surface area contributed by atoms with Gasteiger partial charge in [-0.3, -0.25) is 19.1 Å². The summed E-state index contributed by atoms with van der Waals surface area (Å²) >= 11 is 0. The predicted molar refractivity (Wildman–Crippen MR) is 130 cm³/mol. The highest BCUT2D eigenvalue weighted by atomic mass is 16.5. The van der Waals surface area contributed by atoms with E-state index >= 15 is 0 Å². The van der Waals surface area contributed by atoms with Crippen LogP contribution in [0.4, 0.5) is 11.5 Å². The van der Waals surface area contributed by atoms with Crippen molar-refractivity contribution in [2.24, 2.45) is 5.92 Å². The molecular formula is C25H30N4O4. The zero-order valence-corrected chi connectivity index (χ0v) is 19.2. The number of nitrogens with one attached hydrogen (secondary N) is 1. The molecule has 0 aliphatic carbocycles. The Balaban J connectivity index is 1.95. The minimum Gasteiger partial charge on any atom is -0.484 e. The van der Waals surface area contributed by atoms with Gasteiger partial charge >= 0.3 is 5.69 Å². The molecule has 0 aliphatic rings. The van der Waals surface area contributed by atoms with E-state index in [1.807, 2.05) is 69.3 Å². The average molecular weight is 451 g/mol. The Hall–Kier alpha value is -3.81. The molecule has 3 N–H and O–H groups in total. The Morgan fingerprint density at radius 1 is 1.12 bits per heavy atom. The number of nitrogens with zero attached hydrogens (tertiary/aromatic N) is 2. The lowest BCUT2D eigenvalue weighted by atomic mass is 10.1. The first kappa shape index (κ1) is 23.8. The Morgan fingerprint density at radius 3 is 2.52 bits per heavy atom. The summed E-state index contributed by atoms with van der Waals surface area (Å²) in [5.74, 6) is 0.371. The third-order valence-corrected chi connectivity index (χ3v) is 5.25. The quantitative estimate of drug-likeness (QED) is 0.521. The first-order valence-corrected chi connectivity index (χ1v) is 10.9. The molecule has 1 amide bonds. The van der Waals surface area contributed by atoms with E-state index in [0.29, 0.717) is 12.2 Å². The second-order valence-corrected chi connectivity index (χ2v) is 8.40. The maximum atomic E-state index is 13.2. The van der Waals surface area contributed by atoms with Crippen molar-refractivity contribution < 1.29 is 9.53 Å². The molecule has 0 aliphatic heterocycles. The number of carbonyl (C=O) groups excluding carboxylic acids is 1. The van der Waals surface area contributed by atoms with Crippen LogP contribution in [0.3, 0.4) is 0 Å². The van der Waals surface area contributed by atoms with Gasteiger partial charge in [0, 0.05) is 6.54 Å². The zero-order chi connectivity index (χ0) is 24.0. The summed E-state index contributed by atoms with van der Waals surface area (Å²) in [6.45, 7) is 6.15. The van der Waals surface area contributed by atoms with Crippen LogP contribution < -0.4 is 26.6 Å². The molecule has 0 radical (unpaired) electrons. The summed E-state index contributed by atoms with van der Waals surface area (Å²) in [5, 5.41) is 0. The second kappa shape index (κ2) is 10.7. The highest BCUT2D eigenvalue weighted by molar-refractivity contribution is 5.96. The van der Waals surface area contributed by atoms with E-state index in [1.165, 1.54) is 9.47 Å².